The largest absolute Gasteiger partial charge is 0.336 e. The first kappa shape index (κ1) is 18.5. The van der Waals surface area contributed by atoms with Crippen molar-refractivity contribution in [1.82, 2.24) is 4.73 Å². The van der Waals surface area contributed by atoms with Gasteiger partial charge in [0.2, 0.25) is 10.0 Å². The van der Waals surface area contributed by atoms with E-state index in [4.69, 9.17) is 4.84 Å². The predicted molar refractivity (Wildman–Crippen MR) is 105 cm³/mol. The van der Waals surface area contributed by atoms with E-state index in [1.165, 1.54) is 4.73 Å². The van der Waals surface area contributed by atoms with Crippen molar-refractivity contribution in [2.75, 3.05) is 11.0 Å². The maximum absolute atomic E-state index is 11.9. The van der Waals surface area contributed by atoms with Gasteiger partial charge in [0.25, 0.3) is 0 Å². The number of benzene rings is 2. The van der Waals surface area contributed by atoms with Crippen molar-refractivity contribution in [2.45, 2.75) is 13.3 Å². The number of sulfonamides is 1. The second-order valence-electron chi connectivity index (χ2n) is 5.76. The number of hydrogen-bond acceptors (Lipinski definition) is 4. The Balaban J connectivity index is 2.24. The molecule has 0 amide bonds. The van der Waals surface area contributed by atoms with Crippen LogP contribution in [-0.2, 0) is 14.8 Å². The van der Waals surface area contributed by atoms with Crippen LogP contribution in [0.4, 0.5) is 5.69 Å². The fourth-order valence-corrected chi connectivity index (χ4v) is 3.42. The maximum atomic E-state index is 11.9. The lowest BCUT2D eigenvalue weighted by molar-refractivity contribution is -0.143. The Morgan fingerprint density at radius 1 is 1.19 bits per heavy atom. The van der Waals surface area contributed by atoms with Gasteiger partial charge in [-0.25, -0.2) is 13.2 Å². The highest BCUT2D eigenvalue weighted by atomic mass is 79.9. The van der Waals surface area contributed by atoms with Gasteiger partial charge in [0.05, 0.1) is 23.2 Å². The molecule has 0 saturated carbocycles. The lowest BCUT2D eigenvalue weighted by atomic mass is 10.1. The summed E-state index contributed by atoms with van der Waals surface area (Å²) in [5.74, 6) is -0.387. The van der Waals surface area contributed by atoms with Crippen molar-refractivity contribution < 1.29 is 18.0 Å². The Labute approximate surface area is 159 Å². The molecule has 0 aliphatic carbocycles. The molecule has 0 atom stereocenters. The van der Waals surface area contributed by atoms with Crippen LogP contribution >= 0.6 is 15.9 Å². The number of aromatic nitrogens is 1. The third kappa shape index (κ3) is 3.91. The van der Waals surface area contributed by atoms with Gasteiger partial charge in [-0.1, -0.05) is 41.1 Å². The van der Waals surface area contributed by atoms with Crippen molar-refractivity contribution in [3.8, 4) is 11.3 Å². The summed E-state index contributed by atoms with van der Waals surface area (Å²) >= 11 is 3.40. The molecule has 6 nitrogen and oxygen atoms in total. The molecule has 1 heterocycles. The molecule has 0 unspecified atom stereocenters. The van der Waals surface area contributed by atoms with Gasteiger partial charge in [0.15, 0.2) is 0 Å². The molecule has 0 bridgehead atoms. The zero-order valence-corrected chi connectivity index (χ0v) is 16.6. The number of carbonyl (C=O) groups excluding carboxylic acids is 1. The number of anilines is 1. The quantitative estimate of drug-likeness (QED) is 0.659. The molecule has 136 valence electrons. The SMILES string of the molecule is CCC(=O)On1c(-c2ccc(Br)cc2)cc2c(NS(C)(=O)=O)cccc21. The summed E-state index contributed by atoms with van der Waals surface area (Å²) in [6.07, 6.45) is 1.32. The van der Waals surface area contributed by atoms with Gasteiger partial charge in [0, 0.05) is 21.8 Å². The number of hydrogen-bond donors (Lipinski definition) is 1. The summed E-state index contributed by atoms with van der Waals surface area (Å²) in [4.78, 5) is 17.4. The summed E-state index contributed by atoms with van der Waals surface area (Å²) < 4.78 is 28.2. The van der Waals surface area contributed by atoms with Crippen LogP contribution in [0.1, 0.15) is 13.3 Å². The van der Waals surface area contributed by atoms with Gasteiger partial charge in [0.1, 0.15) is 0 Å². The summed E-state index contributed by atoms with van der Waals surface area (Å²) in [7, 11) is -3.44. The van der Waals surface area contributed by atoms with Crippen LogP contribution < -0.4 is 9.56 Å². The third-order valence-electron chi connectivity index (χ3n) is 3.72. The topological polar surface area (TPSA) is 77.4 Å². The van der Waals surface area contributed by atoms with Gasteiger partial charge in [-0.05, 0) is 30.3 Å². The van der Waals surface area contributed by atoms with E-state index in [9.17, 15) is 13.2 Å². The fraction of sp³-hybridized carbons (Fsp3) is 0.167. The molecule has 0 fully saturated rings. The molecule has 1 N–H and O–H groups in total. The molecule has 26 heavy (non-hydrogen) atoms. The number of carbonyl (C=O) groups is 1. The molecule has 0 spiro atoms. The van der Waals surface area contributed by atoms with Crippen LogP contribution in [-0.4, -0.2) is 25.4 Å². The van der Waals surface area contributed by atoms with Crippen LogP contribution in [0.3, 0.4) is 0 Å². The molecule has 0 saturated heterocycles. The monoisotopic (exact) mass is 436 g/mol. The lowest BCUT2D eigenvalue weighted by Crippen LogP contribution is -2.19. The summed E-state index contributed by atoms with van der Waals surface area (Å²) in [6.45, 7) is 1.71. The standard InChI is InChI=1S/C18H17BrN2O4S/c1-3-18(22)25-21-16-6-4-5-15(20-26(2,23)24)14(16)11-17(21)12-7-9-13(19)10-8-12/h4-11,20H,3H2,1-2H3. The highest BCUT2D eigenvalue weighted by Crippen LogP contribution is 2.33. The van der Waals surface area contributed by atoms with Crippen LogP contribution in [0.25, 0.3) is 22.2 Å². The Hall–Kier alpha value is -2.32. The Morgan fingerprint density at radius 3 is 2.50 bits per heavy atom. The average molecular weight is 437 g/mol. The summed E-state index contributed by atoms with van der Waals surface area (Å²) in [6, 6.07) is 14.5. The highest BCUT2D eigenvalue weighted by molar-refractivity contribution is 9.10. The molecule has 1 aromatic heterocycles. The Morgan fingerprint density at radius 2 is 1.88 bits per heavy atom. The second-order valence-corrected chi connectivity index (χ2v) is 8.42. The molecule has 3 rings (SSSR count). The number of rotatable bonds is 5. The molecule has 3 aromatic rings. The average Bonchev–Trinajstić information content (AvgIpc) is 2.94. The van der Waals surface area contributed by atoms with Crippen molar-refractivity contribution in [3.05, 3.63) is 53.0 Å². The number of halogens is 1. The van der Waals surface area contributed by atoms with Gasteiger partial charge in [-0.15, -0.1) is 0 Å². The summed E-state index contributed by atoms with van der Waals surface area (Å²) in [5, 5.41) is 0.639. The normalized spacial score (nSPS) is 11.5. The van der Waals surface area contributed by atoms with Crippen LogP contribution in [0, 0.1) is 0 Å². The van der Waals surface area contributed by atoms with Gasteiger partial charge in [-0.2, -0.15) is 4.73 Å². The Kier molecular flexibility index (Phi) is 5.06. The zero-order chi connectivity index (χ0) is 18.9. The molecular weight excluding hydrogens is 420 g/mol. The molecular formula is C18H17BrN2O4S. The molecule has 0 aliphatic heterocycles. The van der Waals surface area contributed by atoms with Crippen LogP contribution in [0.2, 0.25) is 0 Å². The van der Waals surface area contributed by atoms with E-state index in [0.29, 0.717) is 22.3 Å². The number of fused-ring (bicyclic) bond motifs is 1. The van der Waals surface area contributed by atoms with E-state index < -0.39 is 10.0 Å². The van der Waals surface area contributed by atoms with Crippen LogP contribution in [0.15, 0.2) is 53.0 Å². The van der Waals surface area contributed by atoms with Crippen molar-refractivity contribution in [3.63, 3.8) is 0 Å². The van der Waals surface area contributed by atoms with E-state index in [1.54, 1.807) is 31.2 Å². The third-order valence-corrected chi connectivity index (χ3v) is 4.84. The van der Waals surface area contributed by atoms with Crippen molar-refractivity contribution in [1.29, 1.82) is 0 Å². The lowest BCUT2D eigenvalue weighted by Gasteiger charge is -2.10. The molecule has 2 aromatic carbocycles. The second kappa shape index (κ2) is 7.13. The fourth-order valence-electron chi connectivity index (χ4n) is 2.58. The first-order chi connectivity index (χ1) is 12.3. The number of nitrogens with zero attached hydrogens (tertiary/aromatic N) is 1. The van der Waals surface area contributed by atoms with Crippen molar-refractivity contribution >= 4 is 48.5 Å². The maximum Gasteiger partial charge on any atom is 0.332 e. The zero-order valence-electron chi connectivity index (χ0n) is 14.2. The predicted octanol–water partition coefficient (Wildman–Crippen LogP) is 3.81. The van der Waals surface area contributed by atoms with Crippen LogP contribution in [0.5, 0.6) is 0 Å². The van der Waals surface area contributed by atoms with E-state index in [0.717, 1.165) is 16.3 Å². The first-order valence-corrected chi connectivity index (χ1v) is 10.6. The van der Waals surface area contributed by atoms with E-state index >= 15 is 0 Å². The van der Waals surface area contributed by atoms with Gasteiger partial charge in [-0.3, -0.25) is 4.72 Å². The minimum Gasteiger partial charge on any atom is -0.336 e. The Bertz CT molecular complexity index is 1070. The van der Waals surface area contributed by atoms with Gasteiger partial charge < -0.3 is 4.84 Å². The minimum absolute atomic E-state index is 0.223. The van der Waals surface area contributed by atoms with E-state index in [-0.39, 0.29) is 12.4 Å². The molecule has 8 heteroatoms. The smallest absolute Gasteiger partial charge is 0.332 e. The van der Waals surface area contributed by atoms with Crippen molar-refractivity contribution in [2.24, 2.45) is 0 Å². The van der Waals surface area contributed by atoms with E-state index in [2.05, 4.69) is 20.7 Å². The number of nitrogens with one attached hydrogen (secondary N) is 1. The summed E-state index contributed by atoms with van der Waals surface area (Å²) in [5.41, 5.74) is 2.50. The molecule has 0 radical (unpaired) electrons. The van der Waals surface area contributed by atoms with Gasteiger partial charge >= 0.3 is 5.97 Å². The highest BCUT2D eigenvalue weighted by Gasteiger charge is 2.17. The first-order valence-electron chi connectivity index (χ1n) is 7.88. The molecule has 0 aliphatic rings. The van der Waals surface area contributed by atoms with E-state index in [1.807, 2.05) is 24.3 Å². The minimum atomic E-state index is -3.44.